The molecule has 1 aromatic heterocycles. The zero-order chi connectivity index (χ0) is 19.1. The lowest BCUT2D eigenvalue weighted by molar-refractivity contribution is 0.0675. The van der Waals surface area contributed by atoms with Crippen molar-refractivity contribution in [1.29, 1.82) is 0 Å². The van der Waals surface area contributed by atoms with Crippen LogP contribution in [0.5, 0.6) is 11.5 Å². The number of rotatable bonds is 9. The van der Waals surface area contributed by atoms with Gasteiger partial charge >= 0.3 is 0 Å². The Hall–Kier alpha value is -2.38. The maximum absolute atomic E-state index is 5.86. The van der Waals surface area contributed by atoms with E-state index in [0.717, 1.165) is 61.7 Å². The summed E-state index contributed by atoms with van der Waals surface area (Å²) in [6, 6.07) is 5.89. The smallest absolute Gasteiger partial charge is 0.222 e. The molecule has 1 N–H and O–H groups in total. The zero-order valence-corrected chi connectivity index (χ0v) is 16.3. The Morgan fingerprint density at radius 3 is 2.63 bits per heavy atom. The number of hydrogen-bond donors (Lipinski definition) is 1. The van der Waals surface area contributed by atoms with E-state index in [0.29, 0.717) is 5.95 Å². The Labute approximate surface area is 160 Å². The van der Waals surface area contributed by atoms with Gasteiger partial charge in [-0.05, 0) is 31.0 Å². The summed E-state index contributed by atoms with van der Waals surface area (Å²) < 4.78 is 16.8. The maximum atomic E-state index is 5.86. The maximum Gasteiger partial charge on any atom is 0.222 e. The molecule has 0 radical (unpaired) electrons. The monoisotopic (exact) mass is 372 g/mol. The van der Waals surface area contributed by atoms with Gasteiger partial charge in [-0.25, -0.2) is 9.97 Å². The van der Waals surface area contributed by atoms with E-state index in [1.807, 2.05) is 37.6 Å². The minimum Gasteiger partial charge on any atom is -0.497 e. The first-order chi connectivity index (χ1) is 13.2. The third-order valence-corrected chi connectivity index (χ3v) is 4.70. The lowest BCUT2D eigenvalue weighted by Gasteiger charge is -2.26. The highest BCUT2D eigenvalue weighted by Gasteiger charge is 2.21. The second-order valence-corrected chi connectivity index (χ2v) is 6.65. The van der Waals surface area contributed by atoms with Gasteiger partial charge in [0.05, 0.1) is 20.3 Å². The molecular weight excluding hydrogens is 344 g/mol. The molecule has 2 heterocycles. The van der Waals surface area contributed by atoms with Crippen LogP contribution >= 0.6 is 0 Å². The molecule has 7 heteroatoms. The first-order valence-electron chi connectivity index (χ1n) is 9.25. The molecule has 2 aromatic rings. The van der Waals surface area contributed by atoms with Crippen molar-refractivity contribution >= 4 is 5.95 Å². The van der Waals surface area contributed by atoms with Gasteiger partial charge in [0.15, 0.2) is 0 Å². The minimum atomic E-state index is 0.263. The Morgan fingerprint density at radius 2 is 2.00 bits per heavy atom. The fraction of sp³-hybridized carbons (Fsp3) is 0.500. The number of methoxy groups -OCH3 is 2. The van der Waals surface area contributed by atoms with Crippen LogP contribution in [0.4, 0.5) is 5.95 Å². The number of aromatic nitrogens is 2. The molecule has 0 spiro atoms. The Kier molecular flexibility index (Phi) is 6.84. The summed E-state index contributed by atoms with van der Waals surface area (Å²) in [6.07, 6.45) is 6.22. The van der Waals surface area contributed by atoms with Crippen molar-refractivity contribution in [2.75, 3.05) is 39.7 Å². The molecule has 1 saturated heterocycles. The summed E-state index contributed by atoms with van der Waals surface area (Å²) in [6.45, 7) is 3.17. The lowest BCUT2D eigenvalue weighted by Crippen LogP contribution is -2.31. The molecule has 1 atom stereocenters. The van der Waals surface area contributed by atoms with Crippen LogP contribution < -0.4 is 14.8 Å². The van der Waals surface area contributed by atoms with Gasteiger partial charge in [-0.15, -0.1) is 0 Å². The van der Waals surface area contributed by atoms with Gasteiger partial charge in [-0.2, -0.15) is 0 Å². The average molecular weight is 372 g/mol. The van der Waals surface area contributed by atoms with Crippen LogP contribution in [-0.2, 0) is 17.8 Å². The summed E-state index contributed by atoms with van der Waals surface area (Å²) in [7, 11) is 5.18. The quantitative estimate of drug-likeness (QED) is 0.726. The Morgan fingerprint density at radius 1 is 1.19 bits per heavy atom. The molecule has 0 saturated carbocycles. The number of benzene rings is 1. The number of nitrogens with one attached hydrogen (secondary N) is 1. The number of ether oxygens (including phenoxy) is 3. The third kappa shape index (κ3) is 5.30. The molecule has 0 bridgehead atoms. The second kappa shape index (κ2) is 9.53. The molecule has 3 rings (SSSR count). The van der Waals surface area contributed by atoms with E-state index in [1.54, 1.807) is 14.2 Å². The van der Waals surface area contributed by atoms with Crippen LogP contribution in [0.1, 0.15) is 24.0 Å². The molecule has 1 aliphatic heterocycles. The van der Waals surface area contributed by atoms with Crippen LogP contribution in [0.25, 0.3) is 0 Å². The molecule has 1 aromatic carbocycles. The molecule has 146 valence electrons. The van der Waals surface area contributed by atoms with Crippen molar-refractivity contribution in [3.05, 3.63) is 41.7 Å². The number of hydrogen-bond acceptors (Lipinski definition) is 7. The minimum absolute atomic E-state index is 0.263. The van der Waals surface area contributed by atoms with Crippen LogP contribution in [-0.4, -0.2) is 55.4 Å². The van der Waals surface area contributed by atoms with Gasteiger partial charge in [0.2, 0.25) is 5.95 Å². The summed E-state index contributed by atoms with van der Waals surface area (Å²) in [4.78, 5) is 11.0. The molecule has 1 fully saturated rings. The molecule has 27 heavy (non-hydrogen) atoms. The van der Waals surface area contributed by atoms with Crippen LogP contribution in [0.15, 0.2) is 30.6 Å². The topological polar surface area (TPSA) is 68.7 Å². The lowest BCUT2D eigenvalue weighted by atomic mass is 10.1. The predicted molar refractivity (Wildman–Crippen MR) is 104 cm³/mol. The van der Waals surface area contributed by atoms with E-state index < -0.39 is 0 Å². The van der Waals surface area contributed by atoms with Crippen molar-refractivity contribution in [3.63, 3.8) is 0 Å². The zero-order valence-electron chi connectivity index (χ0n) is 16.3. The fourth-order valence-corrected chi connectivity index (χ4v) is 3.33. The van der Waals surface area contributed by atoms with Crippen LogP contribution in [0.2, 0.25) is 0 Å². The summed E-state index contributed by atoms with van der Waals surface area (Å²) >= 11 is 0. The van der Waals surface area contributed by atoms with Gasteiger partial charge in [0, 0.05) is 56.8 Å². The van der Waals surface area contributed by atoms with Gasteiger partial charge < -0.3 is 19.5 Å². The predicted octanol–water partition coefficient (Wildman–Crippen LogP) is 2.72. The highest BCUT2D eigenvalue weighted by Crippen LogP contribution is 2.26. The number of nitrogens with zero attached hydrogens (tertiary/aromatic N) is 3. The fourth-order valence-electron chi connectivity index (χ4n) is 3.33. The van der Waals surface area contributed by atoms with Crippen molar-refractivity contribution < 1.29 is 14.2 Å². The molecule has 0 aliphatic carbocycles. The first kappa shape index (κ1) is 19.4. The Bertz CT molecular complexity index is 718. The third-order valence-electron chi connectivity index (χ3n) is 4.70. The summed E-state index contributed by atoms with van der Waals surface area (Å²) in [5.74, 6) is 2.30. The van der Waals surface area contributed by atoms with Gasteiger partial charge in [0.25, 0.3) is 0 Å². The van der Waals surface area contributed by atoms with Crippen molar-refractivity contribution in [1.82, 2.24) is 14.9 Å². The molecule has 0 amide bonds. The molecule has 1 aliphatic rings. The van der Waals surface area contributed by atoms with Crippen molar-refractivity contribution in [3.8, 4) is 11.5 Å². The summed E-state index contributed by atoms with van der Waals surface area (Å²) in [5, 5.41) is 2.95. The van der Waals surface area contributed by atoms with Gasteiger partial charge in [-0.3, -0.25) is 4.90 Å². The van der Waals surface area contributed by atoms with E-state index in [1.165, 1.54) is 0 Å². The summed E-state index contributed by atoms with van der Waals surface area (Å²) in [5.41, 5.74) is 2.15. The van der Waals surface area contributed by atoms with Crippen molar-refractivity contribution in [2.24, 2.45) is 0 Å². The van der Waals surface area contributed by atoms with Crippen molar-refractivity contribution in [2.45, 2.75) is 32.0 Å². The Balaban J connectivity index is 1.78. The van der Waals surface area contributed by atoms with E-state index in [4.69, 9.17) is 14.2 Å². The number of anilines is 1. The van der Waals surface area contributed by atoms with Gasteiger partial charge in [0.1, 0.15) is 11.5 Å². The SMILES string of the molecule is CNc1ncc(CN(Cc2cc(OC)ccc2OC)CC2CCCO2)cn1. The van der Waals surface area contributed by atoms with E-state index in [9.17, 15) is 0 Å². The normalized spacial score (nSPS) is 16.5. The molecular formula is C20H28N4O3. The average Bonchev–Trinajstić information content (AvgIpc) is 3.21. The highest BCUT2D eigenvalue weighted by molar-refractivity contribution is 5.40. The van der Waals surface area contributed by atoms with E-state index in [-0.39, 0.29) is 6.10 Å². The molecule has 7 nitrogen and oxygen atoms in total. The second-order valence-electron chi connectivity index (χ2n) is 6.65. The van der Waals surface area contributed by atoms with Gasteiger partial charge in [-0.1, -0.05) is 0 Å². The standard InChI is InChI=1S/C20H28N4O3/c1-21-20-22-10-15(11-23-20)12-24(14-18-5-4-8-27-18)13-16-9-17(25-2)6-7-19(16)26-3/h6-7,9-11,18H,4-5,8,12-14H2,1-3H3,(H,21,22,23). The van der Waals surface area contributed by atoms with Crippen LogP contribution in [0.3, 0.4) is 0 Å². The van der Waals surface area contributed by atoms with E-state index in [2.05, 4.69) is 20.2 Å². The largest absolute Gasteiger partial charge is 0.497 e. The highest BCUT2D eigenvalue weighted by atomic mass is 16.5. The first-order valence-corrected chi connectivity index (χ1v) is 9.25. The molecule has 1 unspecified atom stereocenters. The van der Waals surface area contributed by atoms with E-state index >= 15 is 0 Å². The van der Waals surface area contributed by atoms with Crippen LogP contribution in [0, 0.1) is 0 Å².